The Kier molecular flexibility index (Phi) is 3.23. The number of methoxy groups -OCH3 is 2. The van der Waals surface area contributed by atoms with Gasteiger partial charge in [-0.3, -0.25) is 0 Å². The summed E-state index contributed by atoms with van der Waals surface area (Å²) in [5, 5.41) is 0. The van der Waals surface area contributed by atoms with Crippen LogP contribution in [0.4, 0.5) is 0 Å². The predicted molar refractivity (Wildman–Crippen MR) is 90.5 cm³/mol. The molecule has 5 nitrogen and oxygen atoms in total. The van der Waals surface area contributed by atoms with E-state index in [4.69, 9.17) is 14.5 Å². The lowest BCUT2D eigenvalue weighted by molar-refractivity contribution is -0.613. The van der Waals surface area contributed by atoms with Crippen LogP contribution >= 0.6 is 11.9 Å². The molecule has 6 heteroatoms. The first kappa shape index (κ1) is 14.4. The molecule has 0 saturated carbocycles. The SMILES string of the molecule is COc1ccc2nc3n(c2c1)SCc1c(C)c(OC)c(C)c[n+]1-3. The molecule has 1 aromatic carbocycles. The average Bonchev–Trinajstić information content (AvgIpc) is 2.93. The smallest absolute Gasteiger partial charge is 0.415 e. The highest BCUT2D eigenvalue weighted by Gasteiger charge is 2.31. The fourth-order valence-electron chi connectivity index (χ4n) is 3.16. The van der Waals surface area contributed by atoms with E-state index < -0.39 is 0 Å². The van der Waals surface area contributed by atoms with E-state index in [-0.39, 0.29) is 0 Å². The number of imidazole rings is 1. The van der Waals surface area contributed by atoms with Crippen molar-refractivity contribution in [3.63, 3.8) is 0 Å². The van der Waals surface area contributed by atoms with Gasteiger partial charge in [0, 0.05) is 29.1 Å². The van der Waals surface area contributed by atoms with Gasteiger partial charge in [-0.25, -0.2) is 4.57 Å². The van der Waals surface area contributed by atoms with Gasteiger partial charge in [-0.1, -0.05) is 4.98 Å². The van der Waals surface area contributed by atoms with E-state index in [0.717, 1.165) is 39.8 Å². The van der Waals surface area contributed by atoms with Crippen molar-refractivity contribution < 1.29 is 14.0 Å². The van der Waals surface area contributed by atoms with Gasteiger partial charge >= 0.3 is 5.95 Å². The number of rotatable bonds is 2. The monoisotopic (exact) mass is 328 g/mol. The third-order valence-corrected chi connectivity index (χ3v) is 5.32. The molecule has 3 heterocycles. The first-order chi connectivity index (χ1) is 11.1. The van der Waals surface area contributed by atoms with Gasteiger partial charge in [0.2, 0.25) is 0 Å². The zero-order chi connectivity index (χ0) is 16.1. The van der Waals surface area contributed by atoms with Crippen molar-refractivity contribution >= 4 is 23.0 Å². The first-order valence-corrected chi connectivity index (χ1v) is 8.37. The van der Waals surface area contributed by atoms with E-state index in [1.165, 1.54) is 11.3 Å². The Balaban J connectivity index is 2.00. The molecule has 0 unspecified atom stereocenters. The van der Waals surface area contributed by atoms with Crippen LogP contribution in [0.2, 0.25) is 0 Å². The summed E-state index contributed by atoms with van der Waals surface area (Å²) in [5.74, 6) is 3.60. The van der Waals surface area contributed by atoms with Gasteiger partial charge in [0.25, 0.3) is 0 Å². The van der Waals surface area contributed by atoms with Crippen LogP contribution in [0, 0.1) is 13.8 Å². The number of ether oxygens (including phenoxy) is 2. The van der Waals surface area contributed by atoms with Gasteiger partial charge in [-0.05, 0) is 26.0 Å². The average molecular weight is 328 g/mol. The third-order valence-electron chi connectivity index (χ3n) is 4.30. The molecule has 2 aromatic heterocycles. The van der Waals surface area contributed by atoms with Gasteiger partial charge in [-0.2, -0.15) is 3.97 Å². The molecule has 0 N–H and O–H groups in total. The van der Waals surface area contributed by atoms with Crippen LogP contribution in [0.25, 0.3) is 17.0 Å². The van der Waals surface area contributed by atoms with Crippen molar-refractivity contribution in [3.05, 3.63) is 41.2 Å². The Morgan fingerprint density at radius 1 is 1.22 bits per heavy atom. The molecule has 118 valence electrons. The largest absolute Gasteiger partial charge is 0.497 e. The van der Waals surface area contributed by atoms with Gasteiger partial charge in [0.15, 0.2) is 11.0 Å². The predicted octanol–water partition coefficient (Wildman–Crippen LogP) is 2.96. The fourth-order valence-corrected chi connectivity index (χ4v) is 4.30. The van der Waals surface area contributed by atoms with E-state index >= 15 is 0 Å². The molecule has 0 fully saturated rings. The number of aromatic nitrogens is 3. The second-order valence-electron chi connectivity index (χ2n) is 5.62. The van der Waals surface area contributed by atoms with Gasteiger partial charge in [0.1, 0.15) is 17.2 Å². The van der Waals surface area contributed by atoms with Crippen LogP contribution in [-0.2, 0) is 5.75 Å². The number of benzene rings is 1. The van der Waals surface area contributed by atoms with Crippen LogP contribution in [-0.4, -0.2) is 23.2 Å². The zero-order valence-corrected chi connectivity index (χ0v) is 14.4. The maximum Gasteiger partial charge on any atom is 0.415 e. The van der Waals surface area contributed by atoms with E-state index in [1.54, 1.807) is 26.2 Å². The summed E-state index contributed by atoms with van der Waals surface area (Å²) >= 11 is 1.75. The summed E-state index contributed by atoms with van der Waals surface area (Å²) in [6.07, 6.45) is 2.11. The van der Waals surface area contributed by atoms with Crippen LogP contribution in [0.5, 0.6) is 11.5 Å². The summed E-state index contributed by atoms with van der Waals surface area (Å²) < 4.78 is 15.3. The Bertz CT molecular complexity index is 933. The number of pyridine rings is 1. The van der Waals surface area contributed by atoms with Gasteiger partial charge < -0.3 is 9.47 Å². The van der Waals surface area contributed by atoms with Crippen LogP contribution < -0.4 is 14.0 Å². The normalized spacial score (nSPS) is 12.9. The fraction of sp³-hybridized carbons (Fsp3) is 0.294. The van der Waals surface area contributed by atoms with Crippen molar-refractivity contribution in [2.24, 2.45) is 0 Å². The lowest BCUT2D eigenvalue weighted by Crippen LogP contribution is -2.42. The second-order valence-corrected chi connectivity index (χ2v) is 6.53. The molecule has 4 rings (SSSR count). The Morgan fingerprint density at radius 3 is 2.78 bits per heavy atom. The number of hydrogen-bond acceptors (Lipinski definition) is 4. The highest BCUT2D eigenvalue weighted by molar-refractivity contribution is 7.97. The van der Waals surface area contributed by atoms with E-state index in [9.17, 15) is 0 Å². The van der Waals surface area contributed by atoms with Crippen molar-refractivity contribution in [2.45, 2.75) is 19.6 Å². The summed E-state index contributed by atoms with van der Waals surface area (Å²) in [4.78, 5) is 4.82. The lowest BCUT2D eigenvalue weighted by Gasteiger charge is -2.18. The van der Waals surface area contributed by atoms with Crippen molar-refractivity contribution in [2.75, 3.05) is 14.2 Å². The molecule has 0 radical (unpaired) electrons. The molecule has 1 aliphatic rings. The maximum absolute atomic E-state index is 5.55. The highest BCUT2D eigenvalue weighted by Crippen LogP contribution is 2.33. The summed E-state index contributed by atoms with van der Waals surface area (Å²) in [6.45, 7) is 4.18. The Hall–Kier alpha value is -2.21. The first-order valence-electron chi connectivity index (χ1n) is 7.43. The molecular weight excluding hydrogens is 310 g/mol. The van der Waals surface area contributed by atoms with Crippen molar-refractivity contribution in [3.8, 4) is 17.4 Å². The highest BCUT2D eigenvalue weighted by atomic mass is 32.2. The van der Waals surface area contributed by atoms with E-state index in [0.29, 0.717) is 0 Å². The van der Waals surface area contributed by atoms with Crippen LogP contribution in [0.1, 0.15) is 16.8 Å². The van der Waals surface area contributed by atoms with E-state index in [1.807, 2.05) is 18.2 Å². The summed E-state index contributed by atoms with van der Waals surface area (Å²) in [6, 6.07) is 5.99. The molecule has 0 saturated heterocycles. The van der Waals surface area contributed by atoms with Gasteiger partial charge in [0.05, 0.1) is 26.2 Å². The lowest BCUT2D eigenvalue weighted by atomic mass is 10.1. The molecule has 23 heavy (non-hydrogen) atoms. The molecule has 0 aliphatic carbocycles. The van der Waals surface area contributed by atoms with Crippen molar-refractivity contribution in [1.82, 2.24) is 8.96 Å². The molecule has 1 aliphatic heterocycles. The quantitative estimate of drug-likeness (QED) is 0.678. The standard InChI is InChI=1S/C17H18N3O2S/c1-10-8-19-15(11(2)16(10)22-4)9-23-20-14-7-12(21-3)5-6-13(14)18-17(19)20/h5-8H,9H2,1-4H3/q+1. The molecule has 0 spiro atoms. The zero-order valence-electron chi connectivity index (χ0n) is 13.6. The maximum atomic E-state index is 5.55. The van der Waals surface area contributed by atoms with Crippen molar-refractivity contribution in [1.29, 1.82) is 0 Å². The number of fused-ring (bicyclic) bond motifs is 5. The number of aryl methyl sites for hydroxylation is 1. The molecule has 0 atom stereocenters. The number of nitrogens with zero attached hydrogens (tertiary/aromatic N) is 3. The summed E-state index contributed by atoms with van der Waals surface area (Å²) in [7, 11) is 3.41. The molecule has 0 bridgehead atoms. The minimum absolute atomic E-state index is 0.846. The topological polar surface area (TPSA) is 40.2 Å². The minimum atomic E-state index is 0.846. The van der Waals surface area contributed by atoms with E-state index in [2.05, 4.69) is 28.6 Å². The Labute approximate surface area is 139 Å². The minimum Gasteiger partial charge on any atom is -0.497 e. The summed E-state index contributed by atoms with van der Waals surface area (Å²) in [5.41, 5.74) is 5.56. The third kappa shape index (κ3) is 2.01. The molecular formula is C17H18N3O2S+. The second kappa shape index (κ2) is 5.16. The molecule has 0 amide bonds. The van der Waals surface area contributed by atoms with Crippen LogP contribution in [0.15, 0.2) is 24.4 Å². The number of hydrogen-bond donors (Lipinski definition) is 0. The molecule has 3 aromatic rings. The van der Waals surface area contributed by atoms with Crippen LogP contribution in [0.3, 0.4) is 0 Å². The Morgan fingerprint density at radius 2 is 2.04 bits per heavy atom. The van der Waals surface area contributed by atoms with Gasteiger partial charge in [-0.15, -0.1) is 0 Å².